The third-order valence-corrected chi connectivity index (χ3v) is 4.78. The van der Waals surface area contributed by atoms with E-state index in [2.05, 4.69) is 36.1 Å². The molecule has 0 aromatic heterocycles. The maximum absolute atomic E-state index is 12.8. The molecule has 0 radical (unpaired) electrons. The monoisotopic (exact) mass is 325 g/mol. The van der Waals surface area contributed by atoms with E-state index in [0.29, 0.717) is 6.54 Å². The van der Waals surface area contributed by atoms with Crippen LogP contribution in [0, 0.1) is 0 Å². The first-order valence-corrected chi connectivity index (χ1v) is 8.95. The van der Waals surface area contributed by atoms with Gasteiger partial charge in [0.2, 0.25) is 0 Å². The molecule has 0 atom stereocenters. The average Bonchev–Trinajstić information content (AvgIpc) is 2.62. The maximum Gasteiger partial charge on any atom is 0.253 e. The molecule has 24 heavy (non-hydrogen) atoms. The van der Waals surface area contributed by atoms with Crippen molar-refractivity contribution in [2.24, 2.45) is 5.73 Å². The third kappa shape index (κ3) is 3.77. The molecule has 1 heterocycles. The predicted molar refractivity (Wildman–Crippen MR) is 99.3 cm³/mol. The van der Waals surface area contributed by atoms with E-state index in [9.17, 15) is 4.79 Å². The molecule has 4 nitrogen and oxygen atoms in total. The summed E-state index contributed by atoms with van der Waals surface area (Å²) in [5.41, 5.74) is 7.66. The largest absolute Gasteiger partial charge is 0.336 e. The van der Waals surface area contributed by atoms with Crippen molar-refractivity contribution in [2.75, 3.05) is 39.3 Å². The van der Waals surface area contributed by atoms with Crippen LogP contribution in [0.2, 0.25) is 0 Å². The van der Waals surface area contributed by atoms with Gasteiger partial charge in [0.15, 0.2) is 0 Å². The molecule has 2 aromatic rings. The van der Waals surface area contributed by atoms with Crippen molar-refractivity contribution < 1.29 is 4.79 Å². The smallest absolute Gasteiger partial charge is 0.253 e. The molecule has 1 aliphatic heterocycles. The predicted octanol–water partition coefficient (Wildman–Crippen LogP) is 2.51. The van der Waals surface area contributed by atoms with Crippen molar-refractivity contribution in [3.63, 3.8) is 0 Å². The summed E-state index contributed by atoms with van der Waals surface area (Å²) in [6.07, 6.45) is 2.06. The zero-order valence-electron chi connectivity index (χ0n) is 14.5. The molecule has 128 valence electrons. The summed E-state index contributed by atoms with van der Waals surface area (Å²) in [5, 5.41) is 2.29. The summed E-state index contributed by atoms with van der Waals surface area (Å²) in [4.78, 5) is 17.2. The number of hydrogen-bond donors (Lipinski definition) is 1. The lowest BCUT2D eigenvalue weighted by Crippen LogP contribution is -2.48. The van der Waals surface area contributed by atoms with Crippen LogP contribution in [-0.2, 0) is 6.42 Å². The number of fused-ring (bicyclic) bond motifs is 1. The van der Waals surface area contributed by atoms with E-state index in [-0.39, 0.29) is 5.91 Å². The lowest BCUT2D eigenvalue weighted by atomic mass is 10.0. The van der Waals surface area contributed by atoms with E-state index in [1.54, 1.807) is 0 Å². The molecule has 1 aliphatic rings. The van der Waals surface area contributed by atoms with Gasteiger partial charge >= 0.3 is 0 Å². The minimum atomic E-state index is 0.152. The second kappa shape index (κ2) is 7.77. The number of nitrogens with zero attached hydrogens (tertiary/aromatic N) is 2. The average molecular weight is 325 g/mol. The number of piperazine rings is 1. The first kappa shape index (κ1) is 16.9. The Bertz CT molecular complexity index is 705. The summed E-state index contributed by atoms with van der Waals surface area (Å²) in [5.74, 6) is 0.152. The highest BCUT2D eigenvalue weighted by Gasteiger charge is 2.21. The Hall–Kier alpha value is -1.91. The van der Waals surface area contributed by atoms with Crippen LogP contribution in [0.4, 0.5) is 0 Å². The molecule has 2 aromatic carbocycles. The summed E-state index contributed by atoms with van der Waals surface area (Å²) >= 11 is 0. The second-order valence-corrected chi connectivity index (χ2v) is 6.57. The Morgan fingerprint density at radius 2 is 1.75 bits per heavy atom. The molecular weight excluding hydrogens is 298 g/mol. The number of carbonyl (C=O) groups excluding carboxylic acids is 1. The van der Waals surface area contributed by atoms with Crippen LogP contribution in [0.5, 0.6) is 0 Å². The van der Waals surface area contributed by atoms with Gasteiger partial charge in [0.05, 0.1) is 0 Å². The van der Waals surface area contributed by atoms with Crippen molar-refractivity contribution in [3.8, 4) is 0 Å². The maximum atomic E-state index is 12.8. The minimum absolute atomic E-state index is 0.152. The number of rotatable bonds is 5. The van der Waals surface area contributed by atoms with Crippen molar-refractivity contribution >= 4 is 16.7 Å². The van der Waals surface area contributed by atoms with Crippen LogP contribution < -0.4 is 5.73 Å². The second-order valence-electron chi connectivity index (χ2n) is 6.57. The highest BCUT2D eigenvalue weighted by Crippen LogP contribution is 2.20. The number of amides is 1. The Kier molecular flexibility index (Phi) is 5.48. The summed E-state index contributed by atoms with van der Waals surface area (Å²) in [7, 11) is 0. The van der Waals surface area contributed by atoms with Crippen LogP contribution in [-0.4, -0.2) is 55.0 Å². The Labute approximate surface area is 144 Å². The highest BCUT2D eigenvalue weighted by molar-refractivity contribution is 5.98. The van der Waals surface area contributed by atoms with Crippen LogP contribution in [0.25, 0.3) is 10.8 Å². The zero-order chi connectivity index (χ0) is 16.9. The minimum Gasteiger partial charge on any atom is -0.336 e. The standard InChI is InChI=1S/C20H27N3O/c1-2-9-22-10-12-23(13-11-22)20(24)19-6-5-17-14-16(7-8-21)3-4-18(17)15-19/h3-6,14-15H,2,7-13,21H2,1H3. The van der Waals surface area contributed by atoms with E-state index in [0.717, 1.165) is 50.1 Å². The Morgan fingerprint density at radius 3 is 2.46 bits per heavy atom. The highest BCUT2D eigenvalue weighted by atomic mass is 16.2. The van der Waals surface area contributed by atoms with Crippen LogP contribution >= 0.6 is 0 Å². The van der Waals surface area contributed by atoms with Crippen molar-refractivity contribution in [2.45, 2.75) is 19.8 Å². The van der Waals surface area contributed by atoms with Gasteiger partial charge in [0.1, 0.15) is 0 Å². The molecule has 1 fully saturated rings. The fourth-order valence-corrected chi connectivity index (χ4v) is 3.42. The van der Waals surface area contributed by atoms with Crippen molar-refractivity contribution in [1.82, 2.24) is 9.80 Å². The SMILES string of the molecule is CCCN1CCN(C(=O)c2ccc3cc(CCN)ccc3c2)CC1. The number of hydrogen-bond acceptors (Lipinski definition) is 3. The summed E-state index contributed by atoms with van der Waals surface area (Å²) in [6, 6.07) is 12.4. The Morgan fingerprint density at radius 1 is 1.04 bits per heavy atom. The number of nitrogens with two attached hydrogens (primary N) is 1. The van der Waals surface area contributed by atoms with E-state index in [1.165, 1.54) is 17.4 Å². The molecule has 0 bridgehead atoms. The van der Waals surface area contributed by atoms with E-state index >= 15 is 0 Å². The van der Waals surface area contributed by atoms with Gasteiger partial charge in [-0.2, -0.15) is 0 Å². The molecule has 1 amide bonds. The van der Waals surface area contributed by atoms with Crippen LogP contribution in [0.15, 0.2) is 36.4 Å². The quantitative estimate of drug-likeness (QED) is 0.919. The van der Waals surface area contributed by atoms with Crippen molar-refractivity contribution in [3.05, 3.63) is 47.5 Å². The lowest BCUT2D eigenvalue weighted by Gasteiger charge is -2.34. The van der Waals surface area contributed by atoms with Crippen LogP contribution in [0.3, 0.4) is 0 Å². The molecule has 2 N–H and O–H groups in total. The molecule has 0 aliphatic carbocycles. The topological polar surface area (TPSA) is 49.6 Å². The molecule has 0 unspecified atom stereocenters. The molecular formula is C20H27N3O. The lowest BCUT2D eigenvalue weighted by molar-refractivity contribution is 0.0637. The van der Waals surface area contributed by atoms with Gasteiger partial charge in [-0.25, -0.2) is 0 Å². The Balaban J connectivity index is 1.72. The van der Waals surface area contributed by atoms with Gasteiger partial charge in [-0.3, -0.25) is 9.69 Å². The molecule has 4 heteroatoms. The summed E-state index contributed by atoms with van der Waals surface area (Å²) in [6.45, 7) is 7.60. The van der Waals surface area contributed by atoms with Gasteiger partial charge in [-0.1, -0.05) is 31.2 Å². The molecule has 0 saturated carbocycles. The van der Waals surface area contributed by atoms with Gasteiger partial charge in [0.25, 0.3) is 5.91 Å². The van der Waals surface area contributed by atoms with E-state index in [1.807, 2.05) is 17.0 Å². The molecule has 0 spiro atoms. The van der Waals surface area contributed by atoms with Gasteiger partial charge < -0.3 is 10.6 Å². The summed E-state index contributed by atoms with van der Waals surface area (Å²) < 4.78 is 0. The zero-order valence-corrected chi connectivity index (χ0v) is 14.5. The van der Waals surface area contributed by atoms with E-state index in [4.69, 9.17) is 5.73 Å². The molecule has 3 rings (SSSR count). The molecule has 1 saturated heterocycles. The first-order chi connectivity index (χ1) is 11.7. The number of benzene rings is 2. The van der Waals surface area contributed by atoms with Gasteiger partial charge in [-0.15, -0.1) is 0 Å². The van der Waals surface area contributed by atoms with Gasteiger partial charge in [-0.05, 0) is 54.4 Å². The number of carbonyl (C=O) groups is 1. The third-order valence-electron chi connectivity index (χ3n) is 4.78. The first-order valence-electron chi connectivity index (χ1n) is 8.95. The van der Waals surface area contributed by atoms with E-state index < -0.39 is 0 Å². The van der Waals surface area contributed by atoms with Crippen LogP contribution in [0.1, 0.15) is 29.3 Å². The normalized spacial score (nSPS) is 15.8. The fraction of sp³-hybridized carbons (Fsp3) is 0.450. The van der Waals surface area contributed by atoms with Gasteiger partial charge in [0, 0.05) is 31.7 Å². The fourth-order valence-electron chi connectivity index (χ4n) is 3.42. The van der Waals surface area contributed by atoms with Crippen molar-refractivity contribution in [1.29, 1.82) is 0 Å².